The SMILES string of the molecule is COc1ccc2nc(-c3cccnc3)nc(Oc3ccccc3Cl)c2c1. The zero-order valence-corrected chi connectivity index (χ0v) is 14.6. The number of hydrogen-bond donors (Lipinski definition) is 0. The number of halogens is 1. The number of pyridine rings is 1. The van der Waals surface area contributed by atoms with E-state index >= 15 is 0 Å². The summed E-state index contributed by atoms with van der Waals surface area (Å²) < 4.78 is 11.3. The minimum Gasteiger partial charge on any atom is -0.497 e. The Balaban J connectivity index is 1.91. The van der Waals surface area contributed by atoms with Gasteiger partial charge < -0.3 is 9.47 Å². The van der Waals surface area contributed by atoms with Gasteiger partial charge in [0.25, 0.3) is 0 Å². The normalized spacial score (nSPS) is 10.7. The van der Waals surface area contributed by atoms with Gasteiger partial charge in [0.1, 0.15) is 11.5 Å². The highest BCUT2D eigenvalue weighted by Gasteiger charge is 2.14. The van der Waals surface area contributed by atoms with Gasteiger partial charge in [0, 0.05) is 18.0 Å². The van der Waals surface area contributed by atoms with Crippen LogP contribution in [0.5, 0.6) is 17.4 Å². The van der Waals surface area contributed by atoms with Gasteiger partial charge in [0.2, 0.25) is 5.88 Å². The van der Waals surface area contributed by atoms with Gasteiger partial charge >= 0.3 is 0 Å². The molecular formula is C20H14ClN3O2. The van der Waals surface area contributed by atoms with E-state index in [1.54, 1.807) is 31.6 Å². The van der Waals surface area contributed by atoms with E-state index in [1.807, 2.05) is 42.5 Å². The van der Waals surface area contributed by atoms with Crippen molar-refractivity contribution in [3.63, 3.8) is 0 Å². The van der Waals surface area contributed by atoms with Gasteiger partial charge in [-0.05, 0) is 42.5 Å². The van der Waals surface area contributed by atoms with Gasteiger partial charge in [0.05, 0.1) is 23.0 Å². The molecule has 26 heavy (non-hydrogen) atoms. The van der Waals surface area contributed by atoms with Crippen molar-refractivity contribution >= 4 is 22.5 Å². The van der Waals surface area contributed by atoms with Crippen LogP contribution in [-0.4, -0.2) is 22.1 Å². The second kappa shape index (κ2) is 6.98. The molecule has 0 atom stereocenters. The van der Waals surface area contributed by atoms with Crippen molar-refractivity contribution in [1.29, 1.82) is 0 Å². The Morgan fingerprint density at radius 1 is 0.962 bits per heavy atom. The Labute approximate surface area is 155 Å². The number of rotatable bonds is 4. The van der Waals surface area contributed by atoms with Crippen molar-refractivity contribution in [2.75, 3.05) is 7.11 Å². The number of ether oxygens (including phenoxy) is 2. The number of benzene rings is 2. The highest BCUT2D eigenvalue weighted by atomic mass is 35.5. The van der Waals surface area contributed by atoms with Gasteiger partial charge in [-0.1, -0.05) is 23.7 Å². The Hall–Kier alpha value is -3.18. The highest BCUT2D eigenvalue weighted by molar-refractivity contribution is 6.32. The van der Waals surface area contributed by atoms with Gasteiger partial charge in [-0.15, -0.1) is 0 Å². The summed E-state index contributed by atoms with van der Waals surface area (Å²) in [4.78, 5) is 13.4. The topological polar surface area (TPSA) is 57.1 Å². The molecule has 6 heteroatoms. The molecule has 0 radical (unpaired) electrons. The summed E-state index contributed by atoms with van der Waals surface area (Å²) in [6.07, 6.45) is 3.42. The highest BCUT2D eigenvalue weighted by Crippen LogP contribution is 2.34. The van der Waals surface area contributed by atoms with E-state index in [-0.39, 0.29) is 0 Å². The maximum absolute atomic E-state index is 6.24. The standard InChI is InChI=1S/C20H14ClN3O2/c1-25-14-8-9-17-15(11-14)20(26-18-7-3-2-6-16(18)21)24-19(23-17)13-5-4-10-22-12-13/h2-12H,1H3. The van der Waals surface area contributed by atoms with E-state index in [4.69, 9.17) is 21.1 Å². The third-order valence-electron chi connectivity index (χ3n) is 3.83. The van der Waals surface area contributed by atoms with Crippen LogP contribution in [-0.2, 0) is 0 Å². The molecule has 2 aromatic carbocycles. The molecule has 0 aliphatic rings. The summed E-state index contributed by atoms with van der Waals surface area (Å²) in [5.41, 5.74) is 1.54. The molecule has 2 heterocycles. The van der Waals surface area contributed by atoms with Crippen LogP contribution in [0.4, 0.5) is 0 Å². The second-order valence-electron chi connectivity index (χ2n) is 5.51. The van der Waals surface area contributed by atoms with E-state index in [2.05, 4.69) is 15.0 Å². The minimum atomic E-state index is 0.404. The van der Waals surface area contributed by atoms with E-state index in [0.29, 0.717) is 28.2 Å². The lowest BCUT2D eigenvalue weighted by Crippen LogP contribution is -1.97. The van der Waals surface area contributed by atoms with E-state index in [0.717, 1.165) is 16.5 Å². The molecule has 0 bridgehead atoms. The Morgan fingerprint density at radius 2 is 1.85 bits per heavy atom. The molecule has 4 rings (SSSR count). The molecule has 0 aliphatic heterocycles. The molecule has 0 saturated heterocycles. The molecule has 0 saturated carbocycles. The first-order chi connectivity index (χ1) is 12.7. The molecule has 0 spiro atoms. The monoisotopic (exact) mass is 363 g/mol. The van der Waals surface area contributed by atoms with Crippen molar-refractivity contribution in [3.8, 4) is 28.8 Å². The first-order valence-electron chi connectivity index (χ1n) is 7.93. The van der Waals surface area contributed by atoms with Crippen molar-refractivity contribution in [3.05, 3.63) is 72.0 Å². The predicted molar refractivity (Wildman–Crippen MR) is 101 cm³/mol. The third kappa shape index (κ3) is 3.17. The van der Waals surface area contributed by atoms with Crippen molar-refractivity contribution in [2.45, 2.75) is 0 Å². The first kappa shape index (κ1) is 16.3. The van der Waals surface area contributed by atoms with Crippen LogP contribution >= 0.6 is 11.6 Å². The molecule has 0 amide bonds. The number of methoxy groups -OCH3 is 1. The molecule has 0 fully saturated rings. The molecule has 0 N–H and O–H groups in total. The molecule has 128 valence electrons. The smallest absolute Gasteiger partial charge is 0.230 e. The van der Waals surface area contributed by atoms with Gasteiger partial charge in [-0.25, -0.2) is 4.98 Å². The molecule has 4 aromatic rings. The fourth-order valence-corrected chi connectivity index (χ4v) is 2.71. The van der Waals surface area contributed by atoms with E-state index in [9.17, 15) is 0 Å². The zero-order chi connectivity index (χ0) is 17.9. The van der Waals surface area contributed by atoms with Crippen molar-refractivity contribution in [1.82, 2.24) is 15.0 Å². The average Bonchev–Trinajstić information content (AvgIpc) is 2.70. The Morgan fingerprint density at radius 3 is 2.62 bits per heavy atom. The Kier molecular flexibility index (Phi) is 4.37. The van der Waals surface area contributed by atoms with Crippen LogP contribution in [0.2, 0.25) is 5.02 Å². The fraction of sp³-hybridized carbons (Fsp3) is 0.0500. The largest absolute Gasteiger partial charge is 0.497 e. The third-order valence-corrected chi connectivity index (χ3v) is 4.14. The average molecular weight is 364 g/mol. The van der Waals surface area contributed by atoms with E-state index in [1.165, 1.54) is 0 Å². The number of para-hydroxylation sites is 1. The second-order valence-corrected chi connectivity index (χ2v) is 5.92. The van der Waals surface area contributed by atoms with Crippen LogP contribution in [0.1, 0.15) is 0 Å². The van der Waals surface area contributed by atoms with Gasteiger partial charge in [-0.3, -0.25) is 4.98 Å². The van der Waals surface area contributed by atoms with Crippen LogP contribution < -0.4 is 9.47 Å². The van der Waals surface area contributed by atoms with Crippen molar-refractivity contribution < 1.29 is 9.47 Å². The van der Waals surface area contributed by atoms with Crippen LogP contribution in [0, 0.1) is 0 Å². The number of hydrogen-bond acceptors (Lipinski definition) is 5. The van der Waals surface area contributed by atoms with Gasteiger partial charge in [0.15, 0.2) is 5.82 Å². The van der Waals surface area contributed by atoms with Crippen LogP contribution in [0.25, 0.3) is 22.3 Å². The fourth-order valence-electron chi connectivity index (χ4n) is 2.54. The van der Waals surface area contributed by atoms with E-state index < -0.39 is 0 Å². The number of fused-ring (bicyclic) bond motifs is 1. The first-order valence-corrected chi connectivity index (χ1v) is 8.31. The molecule has 0 unspecified atom stereocenters. The molecule has 2 aromatic heterocycles. The maximum atomic E-state index is 6.24. The lowest BCUT2D eigenvalue weighted by molar-refractivity contribution is 0.415. The lowest BCUT2D eigenvalue weighted by atomic mass is 10.2. The summed E-state index contributed by atoms with van der Waals surface area (Å²) in [5.74, 6) is 2.15. The number of nitrogens with zero attached hydrogens (tertiary/aromatic N) is 3. The van der Waals surface area contributed by atoms with Crippen LogP contribution in [0.15, 0.2) is 67.0 Å². The molecule has 5 nitrogen and oxygen atoms in total. The maximum Gasteiger partial charge on any atom is 0.230 e. The minimum absolute atomic E-state index is 0.404. The lowest BCUT2D eigenvalue weighted by Gasteiger charge is -2.12. The summed E-state index contributed by atoms with van der Waals surface area (Å²) in [5, 5.41) is 1.24. The quantitative estimate of drug-likeness (QED) is 0.502. The summed E-state index contributed by atoms with van der Waals surface area (Å²) in [6.45, 7) is 0. The molecule has 0 aliphatic carbocycles. The van der Waals surface area contributed by atoms with Crippen molar-refractivity contribution in [2.24, 2.45) is 0 Å². The number of aromatic nitrogens is 3. The summed E-state index contributed by atoms with van der Waals surface area (Å²) >= 11 is 6.24. The Bertz CT molecular complexity index is 1070. The summed E-state index contributed by atoms with van der Waals surface area (Å²) in [6, 6.07) is 16.6. The predicted octanol–water partition coefficient (Wildman–Crippen LogP) is 5.15. The van der Waals surface area contributed by atoms with Gasteiger partial charge in [-0.2, -0.15) is 4.98 Å². The summed E-state index contributed by atoms with van der Waals surface area (Å²) in [7, 11) is 1.61. The van der Waals surface area contributed by atoms with Crippen LogP contribution in [0.3, 0.4) is 0 Å². The zero-order valence-electron chi connectivity index (χ0n) is 13.9. The molecular weight excluding hydrogens is 350 g/mol.